The molecule has 0 aliphatic rings. The highest BCUT2D eigenvalue weighted by Gasteiger charge is 2.13. The van der Waals surface area contributed by atoms with Crippen LogP contribution < -0.4 is 0 Å². The minimum atomic E-state index is -1.69. The van der Waals surface area contributed by atoms with Gasteiger partial charge in [-0.1, -0.05) is 29.3 Å². The normalized spacial score (nSPS) is 10.2. The van der Waals surface area contributed by atoms with E-state index in [1.54, 1.807) is 6.08 Å². The third kappa shape index (κ3) is 7.86. The monoisotopic (exact) mass is 213 g/mol. The molecule has 11 heavy (non-hydrogen) atoms. The van der Waals surface area contributed by atoms with E-state index in [0.717, 1.165) is 6.26 Å². The zero-order valence-corrected chi connectivity index (χ0v) is 8.20. The van der Waals surface area contributed by atoms with E-state index < -0.39 is 8.03 Å². The van der Waals surface area contributed by atoms with Crippen molar-refractivity contribution in [2.75, 3.05) is 6.16 Å². The maximum atomic E-state index is 10.8. The van der Waals surface area contributed by atoms with Crippen LogP contribution in [0.4, 0.5) is 0 Å². The molecule has 0 aromatic rings. The fraction of sp³-hybridized carbons (Fsp3) is 0.333. The van der Waals surface area contributed by atoms with Crippen LogP contribution in [0, 0.1) is 0 Å². The van der Waals surface area contributed by atoms with Gasteiger partial charge in [0.1, 0.15) is 4.49 Å². The molecule has 62 valence electrons. The van der Waals surface area contributed by atoms with Crippen LogP contribution >= 0.6 is 31.2 Å². The molecule has 1 atom stereocenters. The molecule has 0 N–H and O–H groups in total. The van der Waals surface area contributed by atoms with Crippen molar-refractivity contribution < 1.29 is 9.09 Å². The molecule has 0 rings (SSSR count). The van der Waals surface area contributed by atoms with Gasteiger partial charge in [0.05, 0.1) is 0 Å². The van der Waals surface area contributed by atoms with Gasteiger partial charge in [0.25, 0.3) is 0 Å². The molecule has 0 aliphatic heterocycles. The van der Waals surface area contributed by atoms with Crippen molar-refractivity contribution in [2.24, 2.45) is 0 Å². The molecule has 1 unspecified atom stereocenters. The fourth-order valence-corrected chi connectivity index (χ4v) is 1.28. The highest BCUT2D eigenvalue weighted by Crippen LogP contribution is 2.25. The van der Waals surface area contributed by atoms with Crippen LogP contribution in [-0.2, 0) is 9.09 Å². The molecule has 0 bridgehead atoms. The van der Waals surface area contributed by atoms with E-state index in [0.29, 0.717) is 12.6 Å². The van der Waals surface area contributed by atoms with Crippen molar-refractivity contribution in [3.8, 4) is 0 Å². The van der Waals surface area contributed by atoms with E-state index in [2.05, 4.69) is 11.1 Å². The Morgan fingerprint density at radius 3 is 2.73 bits per heavy atom. The summed E-state index contributed by atoms with van der Waals surface area (Å²) in [4.78, 5) is 0. The number of rotatable bonds is 5. The number of halogens is 2. The minimum Gasteiger partial charge on any atom is -0.260 e. The summed E-state index contributed by atoms with van der Waals surface area (Å²) in [5.74, 6) is 0. The summed E-state index contributed by atoms with van der Waals surface area (Å²) in [6.07, 6.45) is 3.83. The molecule has 0 aromatic heterocycles. The molecule has 0 saturated carbocycles. The predicted octanol–water partition coefficient (Wildman–Crippen LogP) is 3.60. The van der Waals surface area contributed by atoms with Gasteiger partial charge >= 0.3 is 8.03 Å². The van der Waals surface area contributed by atoms with Crippen LogP contribution in [-0.4, -0.2) is 6.16 Å². The Bertz CT molecular complexity index is 175. The van der Waals surface area contributed by atoms with Gasteiger partial charge in [-0.25, -0.2) is 0 Å². The quantitative estimate of drug-likeness (QED) is 0.397. The summed E-state index contributed by atoms with van der Waals surface area (Å²) >= 11 is 10.4. The number of hydrogen-bond donors (Lipinski definition) is 0. The summed E-state index contributed by atoms with van der Waals surface area (Å²) in [6.45, 7) is 3.48. The lowest BCUT2D eigenvalue weighted by Crippen LogP contribution is -1.75. The number of hydrogen-bond acceptors (Lipinski definition) is 2. The largest absolute Gasteiger partial charge is 0.555 e. The van der Waals surface area contributed by atoms with Crippen LogP contribution in [0.2, 0.25) is 0 Å². The van der Waals surface area contributed by atoms with Gasteiger partial charge in [-0.15, -0.1) is 6.58 Å². The first-order valence-corrected chi connectivity index (χ1v) is 5.02. The molecule has 0 aromatic carbocycles. The van der Waals surface area contributed by atoms with Crippen LogP contribution in [0.15, 0.2) is 23.4 Å². The second kappa shape index (κ2) is 6.66. The van der Waals surface area contributed by atoms with Crippen LogP contribution in [0.25, 0.3) is 0 Å². The average molecular weight is 214 g/mol. The maximum Gasteiger partial charge on any atom is 0.555 e. The molecule has 0 amide bonds. The second-order valence-corrected chi connectivity index (χ2v) is 3.98. The molecule has 0 radical (unpaired) electrons. The van der Waals surface area contributed by atoms with Crippen LogP contribution in [0.5, 0.6) is 0 Å². The molecule has 5 heteroatoms. The lowest BCUT2D eigenvalue weighted by atomic mass is 10.5. The zero-order valence-electron chi connectivity index (χ0n) is 5.80. The lowest BCUT2D eigenvalue weighted by Gasteiger charge is -1.81. The van der Waals surface area contributed by atoms with Gasteiger partial charge < -0.3 is 0 Å². The molecule has 0 heterocycles. The highest BCUT2D eigenvalue weighted by atomic mass is 35.5. The number of allylic oxidation sites excluding steroid dienone is 1. The fourth-order valence-electron chi connectivity index (χ4n) is 0.348. The van der Waals surface area contributed by atoms with Crippen molar-refractivity contribution in [3.63, 3.8) is 0 Å². The van der Waals surface area contributed by atoms with Crippen LogP contribution in [0.1, 0.15) is 6.42 Å². The smallest absolute Gasteiger partial charge is 0.260 e. The standard InChI is InChI=1S/C6H8Cl2O2P/c1-2-3-4-11(9)10-5-6(7)8/h2,5H,1,3-4H2/q+1. The first-order valence-electron chi connectivity index (χ1n) is 2.90. The van der Waals surface area contributed by atoms with Crippen molar-refractivity contribution in [3.05, 3.63) is 23.4 Å². The first-order chi connectivity index (χ1) is 5.16. The molecule has 2 nitrogen and oxygen atoms in total. The van der Waals surface area contributed by atoms with Crippen molar-refractivity contribution >= 4 is 31.2 Å². The van der Waals surface area contributed by atoms with Gasteiger partial charge in [0.15, 0.2) is 12.4 Å². The van der Waals surface area contributed by atoms with Gasteiger partial charge in [-0.2, -0.15) is 0 Å². The second-order valence-electron chi connectivity index (χ2n) is 1.65. The average Bonchev–Trinajstić information content (AvgIpc) is 1.97. The zero-order chi connectivity index (χ0) is 8.69. The van der Waals surface area contributed by atoms with Crippen LogP contribution in [0.3, 0.4) is 0 Å². The third-order valence-corrected chi connectivity index (χ3v) is 1.92. The summed E-state index contributed by atoms with van der Waals surface area (Å²) < 4.78 is 15.4. The van der Waals surface area contributed by atoms with Crippen molar-refractivity contribution in [1.82, 2.24) is 0 Å². The molecular weight excluding hydrogens is 206 g/mol. The van der Waals surface area contributed by atoms with Gasteiger partial charge in [0, 0.05) is 6.42 Å². The Hall–Kier alpha value is -0.0400. The Morgan fingerprint density at radius 1 is 1.64 bits per heavy atom. The van der Waals surface area contributed by atoms with E-state index in [1.165, 1.54) is 0 Å². The SMILES string of the molecule is C=CCC[P+](=O)OC=C(Cl)Cl. The molecule has 0 spiro atoms. The Kier molecular flexibility index (Phi) is 6.63. The summed E-state index contributed by atoms with van der Waals surface area (Å²) in [7, 11) is -1.69. The predicted molar refractivity (Wildman–Crippen MR) is 48.2 cm³/mol. The van der Waals surface area contributed by atoms with E-state index in [4.69, 9.17) is 23.2 Å². The van der Waals surface area contributed by atoms with Crippen molar-refractivity contribution in [2.45, 2.75) is 6.42 Å². The maximum absolute atomic E-state index is 10.8. The Balaban J connectivity index is 3.53. The van der Waals surface area contributed by atoms with Crippen molar-refractivity contribution in [1.29, 1.82) is 0 Å². The van der Waals surface area contributed by atoms with Gasteiger partial charge in [-0.3, -0.25) is 4.52 Å². The minimum absolute atomic E-state index is 0.0352. The van der Waals surface area contributed by atoms with Gasteiger partial charge in [0.2, 0.25) is 0 Å². The Morgan fingerprint density at radius 2 is 2.27 bits per heavy atom. The Labute approximate surface area is 76.7 Å². The molecule has 0 aliphatic carbocycles. The summed E-state index contributed by atoms with van der Waals surface area (Å²) in [5, 5.41) is 0. The summed E-state index contributed by atoms with van der Waals surface area (Å²) in [5.41, 5.74) is 0. The lowest BCUT2D eigenvalue weighted by molar-refractivity contribution is 0.463. The molecule has 0 saturated heterocycles. The highest BCUT2D eigenvalue weighted by molar-refractivity contribution is 7.39. The summed E-state index contributed by atoms with van der Waals surface area (Å²) in [6, 6.07) is 0. The van der Waals surface area contributed by atoms with E-state index in [-0.39, 0.29) is 4.49 Å². The third-order valence-electron chi connectivity index (χ3n) is 0.775. The first kappa shape index (κ1) is 11.0. The van der Waals surface area contributed by atoms with E-state index in [1.807, 2.05) is 0 Å². The van der Waals surface area contributed by atoms with E-state index in [9.17, 15) is 4.57 Å². The van der Waals surface area contributed by atoms with Gasteiger partial charge in [-0.05, 0) is 4.57 Å². The molecular formula is C6H8Cl2O2P+. The molecule has 0 fully saturated rings. The van der Waals surface area contributed by atoms with E-state index >= 15 is 0 Å². The topological polar surface area (TPSA) is 26.3 Å².